The topological polar surface area (TPSA) is 111 Å². The molecule has 2 aliphatic rings. The van der Waals surface area contributed by atoms with Gasteiger partial charge in [0.25, 0.3) is 11.8 Å². The Morgan fingerprint density at radius 3 is 2.32 bits per heavy atom. The van der Waals surface area contributed by atoms with Crippen molar-refractivity contribution in [2.75, 3.05) is 24.5 Å². The zero-order chi connectivity index (χ0) is 22.4. The predicted molar refractivity (Wildman–Crippen MR) is 116 cm³/mol. The lowest BCUT2D eigenvalue weighted by molar-refractivity contribution is -0.131. The van der Waals surface area contributed by atoms with Crippen LogP contribution in [0.3, 0.4) is 0 Å². The lowest BCUT2D eigenvalue weighted by atomic mass is 9.98. The Morgan fingerprint density at radius 2 is 1.71 bits per heavy atom. The van der Waals surface area contributed by atoms with E-state index < -0.39 is 11.4 Å². The van der Waals surface area contributed by atoms with Gasteiger partial charge >= 0.3 is 6.03 Å². The van der Waals surface area contributed by atoms with E-state index in [1.54, 1.807) is 12.1 Å². The van der Waals surface area contributed by atoms with Crippen LogP contribution in [0.5, 0.6) is 0 Å². The van der Waals surface area contributed by atoms with Gasteiger partial charge in [0, 0.05) is 37.3 Å². The minimum Gasteiger partial charge on any atom is -0.372 e. The van der Waals surface area contributed by atoms with E-state index in [0.29, 0.717) is 24.8 Å². The van der Waals surface area contributed by atoms with Crippen molar-refractivity contribution in [1.82, 2.24) is 21.1 Å². The standard InChI is InChI=1S/C22H31N5O4/c1-3-26(4-2)17-11-9-16(10-12-17)19(29)25-24-18(28)8-7-15-27-20(30)22(23-21(27)31)13-5-6-14-22/h9-12H,3-8,13-15H2,1-2H3,(H,23,31)(H,24,28)(H,25,29). The third-order valence-electron chi connectivity index (χ3n) is 6.06. The van der Waals surface area contributed by atoms with Crippen molar-refractivity contribution in [3.05, 3.63) is 29.8 Å². The van der Waals surface area contributed by atoms with Crippen LogP contribution in [0, 0.1) is 0 Å². The lowest BCUT2D eigenvalue weighted by Crippen LogP contribution is -2.44. The highest BCUT2D eigenvalue weighted by Crippen LogP contribution is 2.35. The van der Waals surface area contributed by atoms with Crippen molar-refractivity contribution in [3.63, 3.8) is 0 Å². The SMILES string of the molecule is CCN(CC)c1ccc(C(=O)NNC(=O)CCCN2C(=O)NC3(CCCC3)C2=O)cc1. The van der Waals surface area contributed by atoms with Gasteiger partial charge in [0.1, 0.15) is 5.54 Å². The van der Waals surface area contributed by atoms with Crippen molar-refractivity contribution in [3.8, 4) is 0 Å². The Bertz CT molecular complexity index is 829. The lowest BCUT2D eigenvalue weighted by Gasteiger charge is -2.21. The maximum atomic E-state index is 12.6. The molecule has 1 aromatic rings. The minimum atomic E-state index is -0.728. The van der Waals surface area contributed by atoms with Crippen molar-refractivity contribution in [2.45, 2.75) is 57.9 Å². The molecule has 1 heterocycles. The number of rotatable bonds is 8. The Hall–Kier alpha value is -3.10. The number of carbonyl (C=O) groups excluding carboxylic acids is 4. The first kappa shape index (κ1) is 22.6. The molecular formula is C22H31N5O4. The first-order chi connectivity index (χ1) is 14.9. The molecule has 0 bridgehead atoms. The molecule has 2 fully saturated rings. The summed E-state index contributed by atoms with van der Waals surface area (Å²) in [5.74, 6) is -0.968. The number of nitrogens with one attached hydrogen (secondary N) is 3. The summed E-state index contributed by atoms with van der Waals surface area (Å²) < 4.78 is 0. The van der Waals surface area contributed by atoms with Gasteiger partial charge in [-0.25, -0.2) is 4.79 Å². The van der Waals surface area contributed by atoms with Gasteiger partial charge in [-0.1, -0.05) is 12.8 Å². The van der Waals surface area contributed by atoms with Crippen LogP contribution in [-0.2, 0) is 9.59 Å². The molecule has 3 N–H and O–H groups in total. The van der Waals surface area contributed by atoms with E-state index in [2.05, 4.69) is 34.9 Å². The van der Waals surface area contributed by atoms with Crippen LogP contribution in [0.15, 0.2) is 24.3 Å². The van der Waals surface area contributed by atoms with E-state index in [9.17, 15) is 19.2 Å². The molecule has 3 rings (SSSR count). The molecule has 5 amide bonds. The van der Waals surface area contributed by atoms with Crippen molar-refractivity contribution in [1.29, 1.82) is 0 Å². The summed E-state index contributed by atoms with van der Waals surface area (Å²) in [7, 11) is 0. The number of urea groups is 1. The summed E-state index contributed by atoms with van der Waals surface area (Å²) >= 11 is 0. The monoisotopic (exact) mass is 429 g/mol. The molecule has 1 aliphatic carbocycles. The number of anilines is 1. The maximum absolute atomic E-state index is 12.6. The molecular weight excluding hydrogens is 398 g/mol. The van der Waals surface area contributed by atoms with Gasteiger partial charge in [-0.2, -0.15) is 0 Å². The quantitative estimate of drug-likeness (QED) is 0.432. The molecule has 31 heavy (non-hydrogen) atoms. The summed E-state index contributed by atoms with van der Waals surface area (Å²) in [6, 6.07) is 6.79. The summed E-state index contributed by atoms with van der Waals surface area (Å²) in [5, 5.41) is 2.82. The molecule has 1 aromatic carbocycles. The molecule has 1 saturated carbocycles. The highest BCUT2D eigenvalue weighted by Gasteiger charge is 2.52. The zero-order valence-electron chi connectivity index (χ0n) is 18.2. The second-order valence-electron chi connectivity index (χ2n) is 8.00. The fraction of sp³-hybridized carbons (Fsp3) is 0.545. The fourth-order valence-corrected chi connectivity index (χ4v) is 4.27. The normalized spacial score (nSPS) is 17.0. The van der Waals surface area contributed by atoms with Crippen LogP contribution < -0.4 is 21.1 Å². The molecule has 168 valence electrons. The summed E-state index contributed by atoms with van der Waals surface area (Å²) in [6.07, 6.45) is 3.63. The van der Waals surface area contributed by atoms with E-state index in [4.69, 9.17) is 0 Å². The smallest absolute Gasteiger partial charge is 0.325 e. The number of nitrogens with zero attached hydrogens (tertiary/aromatic N) is 2. The van der Waals surface area contributed by atoms with E-state index in [-0.39, 0.29) is 30.8 Å². The van der Waals surface area contributed by atoms with Crippen LogP contribution in [-0.4, -0.2) is 53.8 Å². The van der Waals surface area contributed by atoms with Gasteiger partial charge in [0.15, 0.2) is 0 Å². The highest BCUT2D eigenvalue weighted by molar-refractivity contribution is 6.07. The molecule has 1 spiro atoms. The summed E-state index contributed by atoms with van der Waals surface area (Å²) in [6.45, 7) is 6.07. The second kappa shape index (κ2) is 9.80. The molecule has 0 unspecified atom stereocenters. The van der Waals surface area contributed by atoms with Crippen molar-refractivity contribution >= 4 is 29.4 Å². The Labute approximate surface area is 182 Å². The van der Waals surface area contributed by atoms with Crippen LogP contribution in [0.2, 0.25) is 0 Å². The second-order valence-corrected chi connectivity index (χ2v) is 8.00. The van der Waals surface area contributed by atoms with Gasteiger partial charge < -0.3 is 10.2 Å². The minimum absolute atomic E-state index is 0.0885. The third-order valence-corrected chi connectivity index (χ3v) is 6.06. The van der Waals surface area contributed by atoms with E-state index >= 15 is 0 Å². The predicted octanol–water partition coefficient (Wildman–Crippen LogP) is 1.94. The van der Waals surface area contributed by atoms with Crippen molar-refractivity contribution < 1.29 is 19.2 Å². The molecule has 9 heteroatoms. The fourth-order valence-electron chi connectivity index (χ4n) is 4.27. The Morgan fingerprint density at radius 1 is 1.06 bits per heavy atom. The first-order valence-corrected chi connectivity index (χ1v) is 11.0. The first-order valence-electron chi connectivity index (χ1n) is 11.0. The van der Waals surface area contributed by atoms with Crippen LogP contribution in [0.25, 0.3) is 0 Å². The van der Waals surface area contributed by atoms with Gasteiger partial charge in [0.05, 0.1) is 0 Å². The average Bonchev–Trinajstić information content (AvgIpc) is 3.33. The molecule has 0 atom stereocenters. The van der Waals surface area contributed by atoms with Gasteiger partial charge in [0.2, 0.25) is 5.91 Å². The number of hydrogen-bond acceptors (Lipinski definition) is 5. The van der Waals surface area contributed by atoms with Crippen LogP contribution in [0.1, 0.15) is 62.7 Å². The number of hydrogen-bond donors (Lipinski definition) is 3. The summed E-state index contributed by atoms with van der Waals surface area (Å²) in [4.78, 5) is 52.4. The number of amides is 5. The highest BCUT2D eigenvalue weighted by atomic mass is 16.2. The number of hydrazine groups is 1. The molecule has 0 radical (unpaired) electrons. The molecule has 9 nitrogen and oxygen atoms in total. The molecule has 1 saturated heterocycles. The number of carbonyl (C=O) groups is 4. The van der Waals surface area contributed by atoms with E-state index in [1.165, 1.54) is 4.90 Å². The van der Waals surface area contributed by atoms with Gasteiger partial charge in [-0.15, -0.1) is 0 Å². The van der Waals surface area contributed by atoms with Crippen LogP contribution >= 0.6 is 0 Å². The summed E-state index contributed by atoms with van der Waals surface area (Å²) in [5.41, 5.74) is 5.53. The maximum Gasteiger partial charge on any atom is 0.325 e. The average molecular weight is 430 g/mol. The number of imide groups is 1. The Kier molecular flexibility index (Phi) is 7.14. The zero-order valence-corrected chi connectivity index (χ0v) is 18.2. The number of benzene rings is 1. The van der Waals surface area contributed by atoms with Gasteiger partial charge in [-0.05, 0) is 57.4 Å². The van der Waals surface area contributed by atoms with Gasteiger partial charge in [-0.3, -0.25) is 30.1 Å². The van der Waals surface area contributed by atoms with E-state index in [1.807, 2.05) is 12.1 Å². The largest absolute Gasteiger partial charge is 0.372 e. The van der Waals surface area contributed by atoms with E-state index in [0.717, 1.165) is 31.6 Å². The molecule has 1 aliphatic heterocycles. The van der Waals surface area contributed by atoms with Crippen LogP contribution in [0.4, 0.5) is 10.5 Å². The third kappa shape index (κ3) is 4.98. The molecule has 0 aromatic heterocycles. The van der Waals surface area contributed by atoms with Crippen molar-refractivity contribution in [2.24, 2.45) is 0 Å². The Balaban J connectivity index is 1.41.